The first-order valence-corrected chi connectivity index (χ1v) is 9.67. The van der Waals surface area contributed by atoms with Gasteiger partial charge < -0.3 is 10.1 Å². The van der Waals surface area contributed by atoms with Crippen LogP contribution in [0, 0.1) is 6.92 Å². The molecule has 3 aromatic rings. The molecule has 0 bridgehead atoms. The molecule has 2 N–H and O–H groups in total. The van der Waals surface area contributed by atoms with Gasteiger partial charge in [0.05, 0.1) is 11.4 Å². The normalized spacial score (nSPS) is 10.4. The fourth-order valence-electron chi connectivity index (χ4n) is 2.40. The van der Waals surface area contributed by atoms with Crippen LogP contribution in [0.5, 0.6) is 0 Å². The lowest BCUT2D eigenvalue weighted by Crippen LogP contribution is -2.42. The molecule has 0 spiro atoms. The molecule has 0 atom stereocenters. The summed E-state index contributed by atoms with van der Waals surface area (Å²) in [7, 11) is 0. The maximum absolute atomic E-state index is 12.2. The molecule has 2 aromatic heterocycles. The first-order chi connectivity index (χ1) is 14.0. The number of para-hydroxylation sites is 1. The zero-order valence-electron chi connectivity index (χ0n) is 15.6. The molecular weight excluding hydrogens is 394 g/mol. The number of carbonyl (C=O) groups is 3. The summed E-state index contributed by atoms with van der Waals surface area (Å²) >= 11 is 1.59. The molecule has 3 rings (SSSR count). The number of esters is 1. The highest BCUT2D eigenvalue weighted by atomic mass is 32.1. The van der Waals surface area contributed by atoms with Crippen molar-refractivity contribution in [1.29, 1.82) is 0 Å². The van der Waals surface area contributed by atoms with Crippen LogP contribution in [0.2, 0.25) is 0 Å². The largest absolute Gasteiger partial charge is 0.451 e. The minimum Gasteiger partial charge on any atom is -0.451 e. The first kappa shape index (κ1) is 20.2. The predicted molar refractivity (Wildman–Crippen MR) is 106 cm³/mol. The van der Waals surface area contributed by atoms with Crippen molar-refractivity contribution in [3.05, 3.63) is 64.1 Å². The number of rotatable bonds is 7. The minimum atomic E-state index is -0.794. The third-order valence-electron chi connectivity index (χ3n) is 3.79. The lowest BCUT2D eigenvalue weighted by atomic mass is 10.3. The summed E-state index contributed by atoms with van der Waals surface area (Å²) in [6, 6.07) is 12.3. The number of hydrogen-bond donors (Lipinski definition) is 2. The summed E-state index contributed by atoms with van der Waals surface area (Å²) in [5, 5.41) is 14.9. The average Bonchev–Trinajstić information content (AvgIpc) is 3.36. The molecule has 0 aliphatic rings. The number of benzene rings is 1. The standard InChI is InChI=1S/C19H19N5O4S/c1-13-17(23-24(22-13)14-6-3-2-4-7-14)18(26)28-12-16(25)21-19(27)20-10-9-15-8-5-11-29-15/h2-8,11H,9-10,12H2,1H3,(H2,20,21,25,27). The third kappa shape index (κ3) is 5.72. The lowest BCUT2D eigenvalue weighted by molar-refractivity contribution is -0.123. The van der Waals surface area contributed by atoms with E-state index in [1.165, 1.54) is 4.80 Å². The molecule has 0 aliphatic heterocycles. The van der Waals surface area contributed by atoms with Crippen LogP contribution in [0.4, 0.5) is 4.79 Å². The zero-order valence-corrected chi connectivity index (χ0v) is 16.4. The maximum Gasteiger partial charge on any atom is 0.361 e. The van der Waals surface area contributed by atoms with E-state index in [4.69, 9.17) is 4.74 Å². The van der Waals surface area contributed by atoms with Gasteiger partial charge in [-0.3, -0.25) is 10.1 Å². The highest BCUT2D eigenvalue weighted by Gasteiger charge is 2.19. The van der Waals surface area contributed by atoms with Crippen LogP contribution in [-0.4, -0.2) is 46.1 Å². The van der Waals surface area contributed by atoms with Gasteiger partial charge >= 0.3 is 12.0 Å². The zero-order chi connectivity index (χ0) is 20.6. The molecule has 0 aliphatic carbocycles. The van der Waals surface area contributed by atoms with Gasteiger partial charge in [0, 0.05) is 11.4 Å². The number of nitrogens with zero attached hydrogens (tertiary/aromatic N) is 3. The van der Waals surface area contributed by atoms with Crippen molar-refractivity contribution in [3.8, 4) is 5.69 Å². The Morgan fingerprint density at radius 3 is 2.62 bits per heavy atom. The summed E-state index contributed by atoms with van der Waals surface area (Å²) < 4.78 is 4.94. The van der Waals surface area contributed by atoms with E-state index in [9.17, 15) is 14.4 Å². The lowest BCUT2D eigenvalue weighted by Gasteiger charge is -2.06. The van der Waals surface area contributed by atoms with E-state index in [2.05, 4.69) is 20.8 Å². The Morgan fingerprint density at radius 1 is 1.10 bits per heavy atom. The number of aromatic nitrogens is 3. The number of nitrogens with one attached hydrogen (secondary N) is 2. The van der Waals surface area contributed by atoms with Gasteiger partial charge in [-0.1, -0.05) is 24.3 Å². The number of urea groups is 1. The number of imide groups is 1. The van der Waals surface area contributed by atoms with Crippen molar-refractivity contribution >= 4 is 29.2 Å². The van der Waals surface area contributed by atoms with Gasteiger partial charge in [0.25, 0.3) is 5.91 Å². The Balaban J connectivity index is 1.44. The molecule has 2 heterocycles. The van der Waals surface area contributed by atoms with Crippen molar-refractivity contribution in [2.24, 2.45) is 0 Å². The van der Waals surface area contributed by atoms with E-state index in [-0.39, 0.29) is 5.69 Å². The molecule has 0 radical (unpaired) electrons. The Labute approximate surface area is 170 Å². The van der Waals surface area contributed by atoms with E-state index < -0.39 is 24.5 Å². The van der Waals surface area contributed by atoms with Crippen molar-refractivity contribution in [1.82, 2.24) is 25.6 Å². The second kappa shape index (κ2) is 9.60. The second-order valence-corrected chi connectivity index (χ2v) is 7.00. The Hall–Kier alpha value is -3.53. The van der Waals surface area contributed by atoms with E-state index in [0.717, 1.165) is 4.88 Å². The van der Waals surface area contributed by atoms with Crippen LogP contribution in [-0.2, 0) is 16.0 Å². The Kier molecular flexibility index (Phi) is 6.69. The topological polar surface area (TPSA) is 115 Å². The first-order valence-electron chi connectivity index (χ1n) is 8.79. The monoisotopic (exact) mass is 413 g/mol. The van der Waals surface area contributed by atoms with E-state index >= 15 is 0 Å². The van der Waals surface area contributed by atoms with Crippen molar-refractivity contribution in [3.63, 3.8) is 0 Å². The van der Waals surface area contributed by atoms with Crippen LogP contribution in [0.15, 0.2) is 47.8 Å². The molecule has 9 nitrogen and oxygen atoms in total. The predicted octanol–water partition coefficient (Wildman–Crippen LogP) is 1.86. The highest BCUT2D eigenvalue weighted by molar-refractivity contribution is 7.09. The van der Waals surface area contributed by atoms with Crippen LogP contribution >= 0.6 is 11.3 Å². The quantitative estimate of drug-likeness (QED) is 0.572. The summed E-state index contributed by atoms with van der Waals surface area (Å²) in [5.41, 5.74) is 1.05. The van der Waals surface area contributed by atoms with E-state index in [0.29, 0.717) is 24.3 Å². The van der Waals surface area contributed by atoms with Crippen LogP contribution in [0.1, 0.15) is 21.1 Å². The number of ether oxygens (including phenoxy) is 1. The Bertz CT molecular complexity index is 985. The number of hydrogen-bond acceptors (Lipinski definition) is 7. The highest BCUT2D eigenvalue weighted by Crippen LogP contribution is 2.09. The molecule has 0 fully saturated rings. The summed E-state index contributed by atoms with van der Waals surface area (Å²) in [4.78, 5) is 38.1. The van der Waals surface area contributed by atoms with E-state index in [1.54, 1.807) is 30.4 Å². The molecule has 1 aromatic carbocycles. The second-order valence-electron chi connectivity index (χ2n) is 5.97. The van der Waals surface area contributed by atoms with Crippen LogP contribution in [0.3, 0.4) is 0 Å². The Morgan fingerprint density at radius 2 is 1.90 bits per heavy atom. The van der Waals surface area contributed by atoms with Crippen molar-refractivity contribution in [2.45, 2.75) is 13.3 Å². The van der Waals surface area contributed by atoms with Gasteiger partial charge in [0.2, 0.25) is 0 Å². The molecule has 3 amide bonds. The summed E-state index contributed by atoms with van der Waals surface area (Å²) in [6.07, 6.45) is 0.671. The van der Waals surface area contributed by atoms with Gasteiger partial charge in [-0.05, 0) is 36.9 Å². The number of aryl methyl sites for hydroxylation is 1. The van der Waals surface area contributed by atoms with Gasteiger partial charge in [0.1, 0.15) is 0 Å². The average molecular weight is 413 g/mol. The molecule has 10 heteroatoms. The molecule has 150 valence electrons. The van der Waals surface area contributed by atoms with Crippen LogP contribution in [0.25, 0.3) is 5.69 Å². The molecule has 0 saturated heterocycles. The molecular formula is C19H19N5O4S. The summed E-state index contributed by atoms with van der Waals surface area (Å²) in [5.74, 6) is -1.53. The van der Waals surface area contributed by atoms with Gasteiger partial charge in [-0.2, -0.15) is 9.90 Å². The minimum absolute atomic E-state index is 0.00190. The summed E-state index contributed by atoms with van der Waals surface area (Å²) in [6.45, 7) is 1.40. The smallest absolute Gasteiger partial charge is 0.361 e. The van der Waals surface area contributed by atoms with Crippen molar-refractivity contribution in [2.75, 3.05) is 13.2 Å². The van der Waals surface area contributed by atoms with Gasteiger partial charge in [-0.15, -0.1) is 16.4 Å². The SMILES string of the molecule is Cc1nn(-c2ccccc2)nc1C(=O)OCC(=O)NC(=O)NCCc1cccs1. The number of thiophene rings is 1. The van der Waals surface area contributed by atoms with E-state index in [1.807, 2.05) is 35.7 Å². The molecule has 0 saturated carbocycles. The molecule has 29 heavy (non-hydrogen) atoms. The van der Waals surface area contributed by atoms with Gasteiger partial charge in [-0.25, -0.2) is 9.59 Å². The number of amides is 3. The number of carbonyl (C=O) groups excluding carboxylic acids is 3. The van der Waals surface area contributed by atoms with Crippen LogP contribution < -0.4 is 10.6 Å². The van der Waals surface area contributed by atoms with Crippen molar-refractivity contribution < 1.29 is 19.1 Å². The fourth-order valence-corrected chi connectivity index (χ4v) is 3.11. The van der Waals surface area contributed by atoms with Gasteiger partial charge in [0.15, 0.2) is 12.3 Å². The maximum atomic E-state index is 12.2. The third-order valence-corrected chi connectivity index (χ3v) is 4.72. The molecule has 0 unspecified atom stereocenters. The fraction of sp³-hybridized carbons (Fsp3) is 0.211.